The van der Waals surface area contributed by atoms with Gasteiger partial charge in [0, 0.05) is 29.7 Å². The number of carbonyl (C=O) groups is 1. The van der Waals surface area contributed by atoms with E-state index in [4.69, 9.17) is 14.2 Å². The summed E-state index contributed by atoms with van der Waals surface area (Å²) in [5, 5.41) is 14.4. The van der Waals surface area contributed by atoms with Crippen LogP contribution in [-0.4, -0.2) is 42.6 Å². The maximum absolute atomic E-state index is 11.5. The lowest BCUT2D eigenvalue weighted by Gasteiger charge is -2.26. The number of aliphatic hydroxyl groups is 1. The van der Waals surface area contributed by atoms with Gasteiger partial charge in [-0.25, -0.2) is 4.79 Å². The topological polar surface area (TPSA) is 82.0 Å². The van der Waals surface area contributed by atoms with Crippen LogP contribution in [0.2, 0.25) is 0 Å². The zero-order valence-electron chi connectivity index (χ0n) is 19.2. The van der Waals surface area contributed by atoms with E-state index in [1.807, 2.05) is 89.6 Å². The number of ether oxygens (including phenoxy) is 3. The van der Waals surface area contributed by atoms with Crippen molar-refractivity contribution in [2.75, 3.05) is 20.8 Å². The molecule has 0 fully saturated rings. The summed E-state index contributed by atoms with van der Waals surface area (Å²) in [6.07, 6.45) is 0.395. The molecule has 0 aliphatic carbocycles. The lowest BCUT2D eigenvalue weighted by Crippen LogP contribution is -2.32. The van der Waals surface area contributed by atoms with Gasteiger partial charge in [-0.1, -0.05) is 48.5 Å². The SMILES string of the molecule is CNC(=O)OC[C@H](O)[C@H](c1ccccc1)n1ccc2cc(OCc3ccccc3OC)ccc21. The van der Waals surface area contributed by atoms with Gasteiger partial charge in [0.2, 0.25) is 0 Å². The van der Waals surface area contributed by atoms with E-state index in [0.717, 1.165) is 33.5 Å². The molecule has 1 aromatic heterocycles. The van der Waals surface area contributed by atoms with E-state index < -0.39 is 18.2 Å². The zero-order valence-corrected chi connectivity index (χ0v) is 19.2. The highest BCUT2D eigenvalue weighted by atomic mass is 16.6. The summed E-state index contributed by atoms with van der Waals surface area (Å²) in [6, 6.07) is 24.8. The van der Waals surface area contributed by atoms with Gasteiger partial charge in [0.15, 0.2) is 0 Å². The van der Waals surface area contributed by atoms with Crippen molar-refractivity contribution in [1.82, 2.24) is 9.88 Å². The number of nitrogens with zero attached hydrogens (tertiary/aromatic N) is 1. The maximum Gasteiger partial charge on any atom is 0.406 e. The molecule has 0 unspecified atom stereocenters. The third kappa shape index (κ3) is 5.15. The average Bonchev–Trinajstić information content (AvgIpc) is 3.29. The van der Waals surface area contributed by atoms with Crippen molar-refractivity contribution >= 4 is 17.0 Å². The Kier molecular flexibility index (Phi) is 7.34. The number of aromatic nitrogens is 1. The van der Waals surface area contributed by atoms with Crippen molar-refractivity contribution < 1.29 is 24.1 Å². The largest absolute Gasteiger partial charge is 0.496 e. The number of methoxy groups -OCH3 is 1. The van der Waals surface area contributed by atoms with E-state index >= 15 is 0 Å². The molecule has 0 radical (unpaired) electrons. The molecule has 7 heteroatoms. The predicted molar refractivity (Wildman–Crippen MR) is 130 cm³/mol. The minimum Gasteiger partial charge on any atom is -0.496 e. The van der Waals surface area contributed by atoms with Gasteiger partial charge in [-0.3, -0.25) is 0 Å². The molecule has 2 N–H and O–H groups in total. The molecule has 2 atom stereocenters. The van der Waals surface area contributed by atoms with Gasteiger partial charge in [-0.05, 0) is 35.9 Å². The molecule has 0 aliphatic rings. The highest BCUT2D eigenvalue weighted by Gasteiger charge is 2.25. The van der Waals surface area contributed by atoms with Crippen LogP contribution in [0.3, 0.4) is 0 Å². The number of nitrogens with one attached hydrogen (secondary N) is 1. The first-order chi connectivity index (χ1) is 16.6. The van der Waals surface area contributed by atoms with Gasteiger partial charge in [0.1, 0.15) is 30.8 Å². The van der Waals surface area contributed by atoms with Gasteiger partial charge in [-0.15, -0.1) is 0 Å². The second kappa shape index (κ2) is 10.8. The van der Waals surface area contributed by atoms with Gasteiger partial charge in [-0.2, -0.15) is 0 Å². The number of fused-ring (bicyclic) bond motifs is 1. The Balaban J connectivity index is 1.59. The van der Waals surface area contributed by atoms with Crippen LogP contribution in [0.5, 0.6) is 11.5 Å². The highest BCUT2D eigenvalue weighted by molar-refractivity contribution is 5.82. The first-order valence-electron chi connectivity index (χ1n) is 11.0. The number of carbonyl (C=O) groups excluding carboxylic acids is 1. The molecule has 34 heavy (non-hydrogen) atoms. The summed E-state index contributed by atoms with van der Waals surface area (Å²) in [5.74, 6) is 1.52. The fourth-order valence-electron chi connectivity index (χ4n) is 4.00. The van der Waals surface area contributed by atoms with E-state index in [1.54, 1.807) is 7.11 Å². The Morgan fingerprint density at radius 3 is 2.56 bits per heavy atom. The van der Waals surface area contributed by atoms with Gasteiger partial charge in [0.25, 0.3) is 0 Å². The molecule has 4 rings (SSSR count). The Morgan fingerprint density at radius 1 is 1.03 bits per heavy atom. The van der Waals surface area contributed by atoms with Crippen molar-refractivity contribution in [2.45, 2.75) is 18.8 Å². The van der Waals surface area contributed by atoms with E-state index in [0.29, 0.717) is 6.61 Å². The lowest BCUT2D eigenvalue weighted by molar-refractivity contribution is 0.0477. The molecule has 1 heterocycles. The van der Waals surface area contributed by atoms with Crippen LogP contribution in [-0.2, 0) is 11.3 Å². The van der Waals surface area contributed by atoms with E-state index in [-0.39, 0.29) is 6.61 Å². The normalized spacial score (nSPS) is 12.7. The quantitative estimate of drug-likeness (QED) is 0.383. The average molecular weight is 461 g/mol. The third-order valence-corrected chi connectivity index (χ3v) is 5.67. The molecule has 0 aliphatic heterocycles. The number of rotatable bonds is 9. The fraction of sp³-hybridized carbons (Fsp3) is 0.222. The van der Waals surface area contributed by atoms with Crippen LogP contribution in [0.15, 0.2) is 85.1 Å². The minimum absolute atomic E-state index is 0.140. The molecule has 4 aromatic rings. The van der Waals surface area contributed by atoms with Gasteiger partial charge < -0.3 is 29.2 Å². The second-order valence-electron chi connectivity index (χ2n) is 7.82. The molecule has 176 valence electrons. The first kappa shape index (κ1) is 23.2. The molecular formula is C27H28N2O5. The fourth-order valence-corrected chi connectivity index (χ4v) is 4.00. The van der Waals surface area contributed by atoms with Crippen LogP contribution in [0, 0.1) is 0 Å². The summed E-state index contributed by atoms with van der Waals surface area (Å²) in [7, 11) is 3.13. The maximum atomic E-state index is 11.5. The van der Waals surface area contributed by atoms with Crippen LogP contribution in [0.25, 0.3) is 10.9 Å². The molecule has 3 aromatic carbocycles. The molecule has 0 saturated carbocycles. The molecule has 0 saturated heterocycles. The van der Waals surface area contributed by atoms with Crippen molar-refractivity contribution in [2.24, 2.45) is 0 Å². The Labute approximate surface area is 198 Å². The van der Waals surface area contributed by atoms with E-state index in [2.05, 4.69) is 5.32 Å². The zero-order chi connectivity index (χ0) is 23.9. The van der Waals surface area contributed by atoms with Gasteiger partial charge >= 0.3 is 6.09 Å². The number of aliphatic hydroxyl groups excluding tert-OH is 1. The minimum atomic E-state index is -0.947. The number of para-hydroxylation sites is 1. The van der Waals surface area contributed by atoms with Crippen LogP contribution in [0.4, 0.5) is 4.79 Å². The molecular weight excluding hydrogens is 432 g/mol. The third-order valence-electron chi connectivity index (χ3n) is 5.67. The number of hydrogen-bond acceptors (Lipinski definition) is 5. The molecule has 0 spiro atoms. The lowest BCUT2D eigenvalue weighted by atomic mass is 10.0. The van der Waals surface area contributed by atoms with Crippen LogP contribution < -0.4 is 14.8 Å². The number of alkyl carbamates (subject to hydrolysis) is 1. The predicted octanol–water partition coefficient (Wildman–Crippen LogP) is 4.54. The summed E-state index contributed by atoms with van der Waals surface area (Å²) in [5.41, 5.74) is 2.80. The standard InChI is InChI=1S/C27H28N2O5/c1-28-27(31)34-18-24(30)26(19-8-4-3-5-9-19)29-15-14-20-16-22(12-13-23(20)29)33-17-21-10-6-7-11-25(21)32-2/h3-16,24,26,30H,17-18H2,1-2H3,(H,28,31)/t24-,26-/m0/s1. The van der Waals surface area contributed by atoms with Gasteiger partial charge in [0.05, 0.1) is 13.2 Å². The van der Waals surface area contributed by atoms with Crippen LogP contribution in [0.1, 0.15) is 17.2 Å². The van der Waals surface area contributed by atoms with E-state index in [9.17, 15) is 9.90 Å². The van der Waals surface area contributed by atoms with Crippen LogP contribution >= 0.6 is 0 Å². The first-order valence-corrected chi connectivity index (χ1v) is 11.0. The van der Waals surface area contributed by atoms with Crippen molar-refractivity contribution in [3.05, 3.63) is 96.2 Å². The molecule has 1 amide bonds. The Hall–Kier alpha value is -3.97. The summed E-state index contributed by atoms with van der Waals surface area (Å²) in [4.78, 5) is 11.5. The smallest absolute Gasteiger partial charge is 0.406 e. The van der Waals surface area contributed by atoms with Crippen molar-refractivity contribution in [1.29, 1.82) is 0 Å². The number of benzene rings is 3. The summed E-state index contributed by atoms with van der Waals surface area (Å²) < 4.78 is 18.5. The number of amides is 1. The molecule has 0 bridgehead atoms. The number of hydrogen-bond donors (Lipinski definition) is 2. The monoisotopic (exact) mass is 460 g/mol. The Morgan fingerprint density at radius 2 is 1.79 bits per heavy atom. The summed E-state index contributed by atoms with van der Waals surface area (Å²) in [6.45, 7) is 0.247. The summed E-state index contributed by atoms with van der Waals surface area (Å²) >= 11 is 0. The van der Waals surface area contributed by atoms with Crippen molar-refractivity contribution in [3.63, 3.8) is 0 Å². The Bertz CT molecular complexity index is 1240. The highest BCUT2D eigenvalue weighted by Crippen LogP contribution is 2.31. The molecule has 7 nitrogen and oxygen atoms in total. The second-order valence-corrected chi connectivity index (χ2v) is 7.82. The van der Waals surface area contributed by atoms with E-state index in [1.165, 1.54) is 7.05 Å². The van der Waals surface area contributed by atoms with Crippen molar-refractivity contribution in [3.8, 4) is 11.5 Å².